The second-order valence-corrected chi connectivity index (χ2v) is 7.44. The van der Waals surface area contributed by atoms with E-state index in [4.69, 9.17) is 9.47 Å². The van der Waals surface area contributed by atoms with E-state index in [-0.39, 0.29) is 12.1 Å². The molecule has 22 heavy (non-hydrogen) atoms. The molecule has 0 saturated carbocycles. The molecule has 128 valence electrons. The third-order valence-corrected chi connectivity index (χ3v) is 4.26. The molecule has 1 unspecified atom stereocenters. The lowest BCUT2D eigenvalue weighted by molar-refractivity contribution is -0.0618. The number of amides is 1. The van der Waals surface area contributed by atoms with E-state index in [1.807, 2.05) is 25.7 Å². The summed E-state index contributed by atoms with van der Waals surface area (Å²) in [6.07, 6.45) is 3.08. The fourth-order valence-corrected chi connectivity index (χ4v) is 3.01. The summed E-state index contributed by atoms with van der Waals surface area (Å²) in [5.74, 6) is 0. The van der Waals surface area contributed by atoms with E-state index in [1.54, 1.807) is 0 Å². The third-order valence-electron chi connectivity index (χ3n) is 4.26. The molecule has 2 aliphatic heterocycles. The van der Waals surface area contributed by atoms with Crippen LogP contribution in [0.25, 0.3) is 0 Å². The first-order valence-electron chi connectivity index (χ1n) is 8.30. The van der Waals surface area contributed by atoms with Gasteiger partial charge in [0.1, 0.15) is 5.60 Å². The summed E-state index contributed by atoms with van der Waals surface area (Å²) in [5, 5.41) is 13.8. The zero-order valence-corrected chi connectivity index (χ0v) is 14.1. The molecule has 6 nitrogen and oxygen atoms in total. The average Bonchev–Trinajstić information content (AvgIpc) is 2.86. The van der Waals surface area contributed by atoms with Crippen LogP contribution in [0.5, 0.6) is 0 Å². The summed E-state index contributed by atoms with van der Waals surface area (Å²) in [7, 11) is 0. The number of nitrogens with one attached hydrogen (secondary N) is 1. The molecular weight excluding hydrogens is 284 g/mol. The number of aliphatic hydroxyl groups is 1. The minimum Gasteiger partial charge on any atom is -0.444 e. The fraction of sp³-hybridized carbons (Fsp3) is 0.938. The quantitative estimate of drug-likeness (QED) is 0.823. The van der Waals surface area contributed by atoms with E-state index in [0.29, 0.717) is 39.1 Å². The van der Waals surface area contributed by atoms with Crippen LogP contribution in [-0.4, -0.2) is 66.2 Å². The highest BCUT2D eigenvalue weighted by atomic mass is 16.6. The molecule has 2 saturated heterocycles. The van der Waals surface area contributed by atoms with Crippen molar-refractivity contribution in [2.75, 3.05) is 32.8 Å². The highest BCUT2D eigenvalue weighted by molar-refractivity contribution is 5.69. The molecule has 1 atom stereocenters. The van der Waals surface area contributed by atoms with Crippen molar-refractivity contribution in [1.29, 1.82) is 0 Å². The number of hydrogen-bond acceptors (Lipinski definition) is 5. The number of ether oxygens (including phenoxy) is 2. The summed E-state index contributed by atoms with van der Waals surface area (Å²) in [6.45, 7) is 8.88. The maximum absolute atomic E-state index is 12.2. The molecule has 0 aromatic rings. The fourth-order valence-electron chi connectivity index (χ4n) is 3.01. The van der Waals surface area contributed by atoms with Crippen molar-refractivity contribution in [1.82, 2.24) is 10.2 Å². The first kappa shape index (κ1) is 17.5. The number of hydrogen-bond donors (Lipinski definition) is 2. The van der Waals surface area contributed by atoms with Gasteiger partial charge in [-0.2, -0.15) is 0 Å². The first-order valence-corrected chi connectivity index (χ1v) is 8.30. The van der Waals surface area contributed by atoms with Gasteiger partial charge < -0.3 is 24.8 Å². The Labute approximate surface area is 133 Å². The van der Waals surface area contributed by atoms with Crippen molar-refractivity contribution in [3.05, 3.63) is 0 Å². The molecule has 0 bridgehead atoms. The Morgan fingerprint density at radius 1 is 1.41 bits per heavy atom. The largest absolute Gasteiger partial charge is 0.444 e. The Kier molecular flexibility index (Phi) is 5.69. The van der Waals surface area contributed by atoms with Crippen molar-refractivity contribution in [2.24, 2.45) is 0 Å². The van der Waals surface area contributed by atoms with E-state index in [2.05, 4.69) is 5.32 Å². The molecule has 2 rings (SSSR count). The van der Waals surface area contributed by atoms with Crippen molar-refractivity contribution in [3.63, 3.8) is 0 Å². The average molecular weight is 314 g/mol. The lowest BCUT2D eigenvalue weighted by Crippen LogP contribution is -2.49. The lowest BCUT2D eigenvalue weighted by atomic mass is 9.94. The van der Waals surface area contributed by atoms with Crippen molar-refractivity contribution in [3.8, 4) is 0 Å². The smallest absolute Gasteiger partial charge is 0.410 e. The standard InChI is InChI=1S/C16H30N2O4/c1-15(2,3)22-14(19)18-8-4-5-13(18)11-17-12-16(20)6-9-21-10-7-16/h13,17,20H,4-12H2,1-3H3. The van der Waals surface area contributed by atoms with Crippen LogP contribution in [0.3, 0.4) is 0 Å². The molecule has 0 spiro atoms. The van der Waals surface area contributed by atoms with Gasteiger partial charge in [-0.1, -0.05) is 0 Å². The van der Waals surface area contributed by atoms with Crippen molar-refractivity contribution >= 4 is 6.09 Å². The Morgan fingerprint density at radius 3 is 2.73 bits per heavy atom. The Bertz CT molecular complexity index is 375. The summed E-state index contributed by atoms with van der Waals surface area (Å²) in [6, 6.07) is 0.151. The Hall–Kier alpha value is -0.850. The van der Waals surface area contributed by atoms with Gasteiger partial charge in [0, 0.05) is 51.7 Å². The van der Waals surface area contributed by atoms with Crippen LogP contribution in [0.1, 0.15) is 46.5 Å². The molecule has 1 amide bonds. The third kappa shape index (κ3) is 5.11. The van der Waals surface area contributed by atoms with Gasteiger partial charge in [0.25, 0.3) is 0 Å². The van der Waals surface area contributed by atoms with Gasteiger partial charge in [-0.15, -0.1) is 0 Å². The Balaban J connectivity index is 1.77. The van der Waals surface area contributed by atoms with E-state index in [0.717, 1.165) is 19.4 Å². The van der Waals surface area contributed by atoms with Crippen molar-refractivity contribution in [2.45, 2.75) is 63.7 Å². The maximum atomic E-state index is 12.2. The summed E-state index contributed by atoms with van der Waals surface area (Å²) >= 11 is 0. The zero-order chi connectivity index (χ0) is 16.2. The predicted octanol–water partition coefficient (Wildman–Crippen LogP) is 1.52. The molecule has 0 aliphatic carbocycles. The Morgan fingerprint density at radius 2 is 2.09 bits per heavy atom. The van der Waals surface area contributed by atoms with E-state index in [1.165, 1.54) is 0 Å². The summed E-state index contributed by atoms with van der Waals surface area (Å²) in [5.41, 5.74) is -1.14. The van der Waals surface area contributed by atoms with Crippen LogP contribution in [-0.2, 0) is 9.47 Å². The molecule has 2 aliphatic rings. The molecule has 6 heteroatoms. The number of rotatable bonds is 4. The van der Waals surface area contributed by atoms with Crippen LogP contribution < -0.4 is 5.32 Å². The zero-order valence-electron chi connectivity index (χ0n) is 14.1. The van der Waals surface area contributed by atoms with Crippen LogP contribution in [0.15, 0.2) is 0 Å². The number of carbonyl (C=O) groups is 1. The molecule has 0 aromatic carbocycles. The molecule has 0 aromatic heterocycles. The minimum absolute atomic E-state index is 0.151. The second kappa shape index (κ2) is 7.15. The van der Waals surface area contributed by atoms with Gasteiger partial charge in [0.2, 0.25) is 0 Å². The SMILES string of the molecule is CC(C)(C)OC(=O)N1CCCC1CNCC1(O)CCOCC1. The van der Waals surface area contributed by atoms with Crippen LogP contribution >= 0.6 is 0 Å². The number of carbonyl (C=O) groups excluding carboxylic acids is 1. The molecule has 2 N–H and O–H groups in total. The summed E-state index contributed by atoms with van der Waals surface area (Å²) < 4.78 is 10.7. The first-order chi connectivity index (χ1) is 10.3. The monoisotopic (exact) mass is 314 g/mol. The van der Waals surface area contributed by atoms with Crippen LogP contribution in [0.2, 0.25) is 0 Å². The van der Waals surface area contributed by atoms with Gasteiger partial charge in [0.05, 0.1) is 5.60 Å². The lowest BCUT2D eigenvalue weighted by Gasteiger charge is -2.33. The molecular formula is C16H30N2O4. The van der Waals surface area contributed by atoms with Gasteiger partial charge >= 0.3 is 6.09 Å². The molecule has 0 radical (unpaired) electrons. The second-order valence-electron chi connectivity index (χ2n) is 7.44. The van der Waals surface area contributed by atoms with Gasteiger partial charge in [0.15, 0.2) is 0 Å². The van der Waals surface area contributed by atoms with E-state index < -0.39 is 11.2 Å². The normalized spacial score (nSPS) is 25.3. The van der Waals surface area contributed by atoms with E-state index in [9.17, 15) is 9.90 Å². The van der Waals surface area contributed by atoms with Gasteiger partial charge in [-0.3, -0.25) is 0 Å². The number of likely N-dealkylation sites (tertiary alicyclic amines) is 1. The van der Waals surface area contributed by atoms with E-state index >= 15 is 0 Å². The van der Waals surface area contributed by atoms with Crippen LogP contribution in [0, 0.1) is 0 Å². The van der Waals surface area contributed by atoms with Crippen molar-refractivity contribution < 1.29 is 19.4 Å². The topological polar surface area (TPSA) is 71.0 Å². The minimum atomic E-state index is -0.673. The van der Waals surface area contributed by atoms with Gasteiger partial charge in [-0.05, 0) is 33.6 Å². The van der Waals surface area contributed by atoms with Crippen LogP contribution in [0.4, 0.5) is 4.79 Å². The predicted molar refractivity (Wildman–Crippen MR) is 83.8 cm³/mol. The highest BCUT2D eigenvalue weighted by Crippen LogP contribution is 2.22. The molecule has 2 heterocycles. The maximum Gasteiger partial charge on any atom is 0.410 e. The molecule has 2 fully saturated rings. The van der Waals surface area contributed by atoms with Gasteiger partial charge in [-0.25, -0.2) is 4.79 Å². The number of nitrogens with zero attached hydrogens (tertiary/aromatic N) is 1. The highest BCUT2D eigenvalue weighted by Gasteiger charge is 2.33. The summed E-state index contributed by atoms with van der Waals surface area (Å²) in [4.78, 5) is 14.0.